The number of fused-ring (bicyclic) bond motifs is 2. The van der Waals surface area contributed by atoms with Gasteiger partial charge in [-0.3, -0.25) is 4.98 Å². The highest BCUT2D eigenvalue weighted by Gasteiger charge is 2.26. The van der Waals surface area contributed by atoms with Crippen LogP contribution in [0.4, 0.5) is 11.6 Å². The Morgan fingerprint density at radius 3 is 2.84 bits per heavy atom. The predicted molar refractivity (Wildman–Crippen MR) is 118 cm³/mol. The summed E-state index contributed by atoms with van der Waals surface area (Å²) in [5, 5.41) is 5.58. The number of pyridine rings is 1. The van der Waals surface area contributed by atoms with Gasteiger partial charge >= 0.3 is 0 Å². The minimum absolute atomic E-state index is 0.457. The minimum Gasteiger partial charge on any atom is -0.461 e. The van der Waals surface area contributed by atoms with Gasteiger partial charge in [-0.1, -0.05) is 18.2 Å². The first-order valence-corrected chi connectivity index (χ1v) is 10.4. The second kappa shape index (κ2) is 7.09. The van der Waals surface area contributed by atoms with E-state index in [0.717, 1.165) is 28.8 Å². The van der Waals surface area contributed by atoms with Crippen LogP contribution >= 0.6 is 0 Å². The second-order valence-corrected chi connectivity index (χ2v) is 8.02. The molecule has 0 amide bonds. The molecule has 1 saturated carbocycles. The summed E-state index contributed by atoms with van der Waals surface area (Å²) in [6.07, 6.45) is 6.03. The number of nitrogens with two attached hydrogens (primary N) is 1. The summed E-state index contributed by atoms with van der Waals surface area (Å²) in [6, 6.07) is 15.8. The van der Waals surface area contributed by atoms with Crippen LogP contribution in [0.2, 0.25) is 0 Å². The molecule has 0 atom stereocenters. The average Bonchev–Trinajstić information content (AvgIpc) is 3.25. The number of benzene rings is 1. The van der Waals surface area contributed by atoms with E-state index in [9.17, 15) is 0 Å². The van der Waals surface area contributed by atoms with Crippen LogP contribution in [0.3, 0.4) is 0 Å². The summed E-state index contributed by atoms with van der Waals surface area (Å²) >= 11 is 0. The van der Waals surface area contributed by atoms with Crippen molar-refractivity contribution >= 4 is 28.3 Å². The van der Waals surface area contributed by atoms with Gasteiger partial charge in [0.2, 0.25) is 5.82 Å². The molecule has 5 aromatic rings. The molecule has 0 bridgehead atoms. The zero-order valence-corrected chi connectivity index (χ0v) is 16.8. The summed E-state index contributed by atoms with van der Waals surface area (Å²) in [6.45, 7) is 1.63. The molecule has 0 saturated heterocycles. The Morgan fingerprint density at radius 1 is 1.10 bits per heavy atom. The molecule has 2 N–H and O–H groups in total. The number of nitrogen functional groups attached to an aromatic ring is 1. The van der Waals surface area contributed by atoms with Gasteiger partial charge in [-0.2, -0.15) is 14.5 Å². The van der Waals surface area contributed by atoms with E-state index >= 15 is 0 Å². The van der Waals surface area contributed by atoms with Gasteiger partial charge in [0.15, 0.2) is 5.76 Å². The number of hydrogen-bond donors (Lipinski definition) is 1. The minimum atomic E-state index is 0.457. The molecule has 1 aliphatic rings. The molecule has 8 nitrogen and oxygen atoms in total. The number of rotatable bonds is 6. The van der Waals surface area contributed by atoms with E-state index in [2.05, 4.69) is 32.1 Å². The van der Waals surface area contributed by atoms with Crippen molar-refractivity contribution in [3.8, 4) is 11.6 Å². The molecule has 6 rings (SSSR count). The molecule has 0 aliphatic heterocycles. The summed E-state index contributed by atoms with van der Waals surface area (Å²) in [4.78, 5) is 16.2. The van der Waals surface area contributed by atoms with Crippen LogP contribution in [0.5, 0.6) is 0 Å². The molecule has 0 radical (unpaired) electrons. The fourth-order valence-electron chi connectivity index (χ4n) is 3.82. The summed E-state index contributed by atoms with van der Waals surface area (Å²) in [5.41, 5.74) is 8.46. The van der Waals surface area contributed by atoms with Gasteiger partial charge in [0.25, 0.3) is 5.78 Å². The Hall–Kier alpha value is -3.94. The first kappa shape index (κ1) is 17.9. The van der Waals surface area contributed by atoms with E-state index in [0.29, 0.717) is 35.6 Å². The molecule has 4 heterocycles. The molecule has 8 heteroatoms. The lowest BCUT2D eigenvalue weighted by Gasteiger charge is -2.24. The van der Waals surface area contributed by atoms with E-state index in [1.54, 1.807) is 16.8 Å². The molecule has 154 valence electrons. The van der Waals surface area contributed by atoms with Crippen LogP contribution < -0.4 is 10.6 Å². The van der Waals surface area contributed by atoms with Crippen LogP contribution in [0, 0.1) is 5.92 Å². The Kier molecular flexibility index (Phi) is 4.09. The van der Waals surface area contributed by atoms with E-state index in [1.165, 1.54) is 12.8 Å². The lowest BCUT2D eigenvalue weighted by molar-refractivity contribution is 0.577. The number of anilines is 2. The van der Waals surface area contributed by atoms with Crippen molar-refractivity contribution in [1.82, 2.24) is 24.6 Å². The Labute approximate surface area is 178 Å². The van der Waals surface area contributed by atoms with Crippen LogP contribution in [-0.2, 0) is 6.54 Å². The molecule has 0 unspecified atom stereocenters. The van der Waals surface area contributed by atoms with Gasteiger partial charge in [0.1, 0.15) is 11.6 Å². The molecule has 1 fully saturated rings. The molecule has 1 aliphatic carbocycles. The van der Waals surface area contributed by atoms with Crippen molar-refractivity contribution in [2.24, 2.45) is 5.92 Å². The van der Waals surface area contributed by atoms with Crippen molar-refractivity contribution in [2.75, 3.05) is 17.2 Å². The number of para-hydroxylation sites is 1. The maximum absolute atomic E-state index is 6.33. The molecular formula is C23H21N7O. The third-order valence-corrected chi connectivity index (χ3v) is 5.59. The Bertz CT molecular complexity index is 1370. The fourth-order valence-corrected chi connectivity index (χ4v) is 3.82. The van der Waals surface area contributed by atoms with Crippen molar-refractivity contribution in [3.63, 3.8) is 0 Å². The van der Waals surface area contributed by atoms with Crippen molar-refractivity contribution in [3.05, 3.63) is 66.6 Å². The topological polar surface area (TPSA) is 98.4 Å². The molecule has 1 aromatic carbocycles. The van der Waals surface area contributed by atoms with Crippen LogP contribution in [-0.4, -0.2) is 31.1 Å². The first-order valence-electron chi connectivity index (χ1n) is 10.4. The second-order valence-electron chi connectivity index (χ2n) is 8.02. The van der Waals surface area contributed by atoms with Crippen molar-refractivity contribution in [2.45, 2.75) is 19.4 Å². The summed E-state index contributed by atoms with van der Waals surface area (Å²) in [7, 11) is 0. The van der Waals surface area contributed by atoms with E-state index < -0.39 is 0 Å². The first-order chi connectivity index (χ1) is 15.2. The molecule has 0 spiro atoms. The zero-order chi connectivity index (χ0) is 20.8. The number of nitrogens with zero attached hydrogens (tertiary/aromatic N) is 6. The van der Waals surface area contributed by atoms with E-state index in [4.69, 9.17) is 15.1 Å². The largest absolute Gasteiger partial charge is 0.461 e. The summed E-state index contributed by atoms with van der Waals surface area (Å²) < 4.78 is 6.97. The number of hydrogen-bond acceptors (Lipinski definition) is 7. The van der Waals surface area contributed by atoms with Crippen molar-refractivity contribution < 1.29 is 4.42 Å². The van der Waals surface area contributed by atoms with E-state index in [-0.39, 0.29) is 0 Å². The fraction of sp³-hybridized carbons (Fsp3) is 0.217. The highest BCUT2D eigenvalue weighted by atomic mass is 16.3. The highest BCUT2D eigenvalue weighted by molar-refractivity contribution is 5.78. The maximum atomic E-state index is 6.33. The lowest BCUT2D eigenvalue weighted by atomic mass is 10.1. The SMILES string of the molecule is Nc1cc(N(Cc2cnc3ccccc3c2)CC2CC2)nc2nc(-c3ccco3)nn12. The van der Waals surface area contributed by atoms with E-state index in [1.807, 2.05) is 36.5 Å². The zero-order valence-electron chi connectivity index (χ0n) is 16.8. The van der Waals surface area contributed by atoms with Crippen LogP contribution in [0.15, 0.2) is 65.4 Å². The van der Waals surface area contributed by atoms with Gasteiger partial charge in [0.05, 0.1) is 11.8 Å². The lowest BCUT2D eigenvalue weighted by Crippen LogP contribution is -2.26. The quantitative estimate of drug-likeness (QED) is 0.452. The average molecular weight is 411 g/mol. The maximum Gasteiger partial charge on any atom is 0.256 e. The standard InChI is InChI=1S/C23H21N7O/c24-20-11-21(26-23-27-22(28-30(20)23)19-6-3-9-31-19)29(13-15-7-8-15)14-16-10-17-4-1-2-5-18(17)25-12-16/h1-6,9-12,15H,7-8,13-14,24H2. The predicted octanol–water partition coefficient (Wildman–Crippen LogP) is 3.93. The van der Waals surface area contributed by atoms with Gasteiger partial charge in [-0.05, 0) is 48.6 Å². The third-order valence-electron chi connectivity index (χ3n) is 5.59. The third kappa shape index (κ3) is 3.46. The Balaban J connectivity index is 1.37. The van der Waals surface area contributed by atoms with Crippen LogP contribution in [0.1, 0.15) is 18.4 Å². The van der Waals surface area contributed by atoms with Gasteiger partial charge in [-0.15, -0.1) is 5.10 Å². The highest BCUT2D eigenvalue weighted by Crippen LogP contribution is 2.32. The molecule has 4 aromatic heterocycles. The number of aromatic nitrogens is 5. The molecular weight excluding hydrogens is 390 g/mol. The smallest absolute Gasteiger partial charge is 0.256 e. The van der Waals surface area contributed by atoms with Gasteiger partial charge < -0.3 is 15.1 Å². The normalized spacial score (nSPS) is 13.8. The summed E-state index contributed by atoms with van der Waals surface area (Å²) in [5.74, 6) is 3.48. The van der Waals surface area contributed by atoms with Crippen LogP contribution in [0.25, 0.3) is 28.3 Å². The molecule has 31 heavy (non-hydrogen) atoms. The van der Waals surface area contributed by atoms with Crippen molar-refractivity contribution in [1.29, 1.82) is 0 Å². The Morgan fingerprint density at radius 2 is 2.00 bits per heavy atom. The van der Waals surface area contributed by atoms with Gasteiger partial charge in [0, 0.05) is 30.7 Å². The monoisotopic (exact) mass is 411 g/mol. The van der Waals surface area contributed by atoms with Gasteiger partial charge in [-0.25, -0.2) is 0 Å². The number of furan rings is 1.